The van der Waals surface area contributed by atoms with Crippen LogP contribution in [0.25, 0.3) is 0 Å². The smallest absolute Gasteiger partial charge is 0.131 e. The van der Waals surface area contributed by atoms with Gasteiger partial charge in [-0.05, 0) is 18.2 Å². The van der Waals surface area contributed by atoms with Gasteiger partial charge in [-0.1, -0.05) is 48.1 Å². The molecule has 0 saturated carbocycles. The van der Waals surface area contributed by atoms with Crippen LogP contribution in [-0.2, 0) is 0 Å². The Morgan fingerprint density at radius 2 is 2.10 bits per heavy atom. The second kappa shape index (κ2) is 5.92. The Morgan fingerprint density at radius 1 is 1.29 bits per heavy atom. The first kappa shape index (κ1) is 14.2. The first-order chi connectivity index (χ1) is 10.2. The largest absolute Gasteiger partial charge is 0.493 e. The molecule has 5 heteroatoms. The maximum atomic E-state index is 6.13. The average Bonchev–Trinajstić information content (AvgIpc) is 2.88. The molecule has 1 atom stereocenters. The Hall–Kier alpha value is -1.78. The third-order valence-electron chi connectivity index (χ3n) is 3.46. The van der Waals surface area contributed by atoms with E-state index in [2.05, 4.69) is 6.07 Å². The number of benzene rings is 2. The highest BCUT2D eigenvalue weighted by molar-refractivity contribution is 7.80. The Labute approximate surface area is 133 Å². The Kier molecular flexibility index (Phi) is 3.99. The zero-order chi connectivity index (χ0) is 14.8. The van der Waals surface area contributed by atoms with Crippen molar-refractivity contribution in [2.75, 3.05) is 13.2 Å². The molecule has 1 aliphatic rings. The van der Waals surface area contributed by atoms with Crippen molar-refractivity contribution in [1.29, 1.82) is 0 Å². The standard InChI is InChI=1S/C16H14ClNO2S/c17-12-5-3-7-14(15(12)16(18)21)20-9-10-8-19-13-6-2-1-4-11(10)13/h1-7,10H,8-9H2,(H2,18,21). The quantitative estimate of drug-likeness (QED) is 0.876. The molecule has 21 heavy (non-hydrogen) atoms. The summed E-state index contributed by atoms with van der Waals surface area (Å²) in [5, 5.41) is 0.503. The maximum absolute atomic E-state index is 6.13. The Bertz CT molecular complexity index is 690. The molecule has 0 aromatic heterocycles. The second-order valence-electron chi connectivity index (χ2n) is 4.83. The molecule has 0 fully saturated rings. The lowest BCUT2D eigenvalue weighted by Crippen LogP contribution is -2.16. The van der Waals surface area contributed by atoms with Crippen LogP contribution in [0.2, 0.25) is 5.02 Å². The van der Waals surface area contributed by atoms with Crippen LogP contribution in [0.1, 0.15) is 17.0 Å². The van der Waals surface area contributed by atoms with E-state index < -0.39 is 0 Å². The number of hydrogen-bond acceptors (Lipinski definition) is 3. The zero-order valence-electron chi connectivity index (χ0n) is 11.2. The van der Waals surface area contributed by atoms with Crippen LogP contribution in [0, 0.1) is 0 Å². The van der Waals surface area contributed by atoms with E-state index in [0.29, 0.717) is 29.5 Å². The summed E-state index contributed by atoms with van der Waals surface area (Å²) in [6, 6.07) is 13.4. The molecule has 0 radical (unpaired) electrons. The molecule has 0 saturated heterocycles. The topological polar surface area (TPSA) is 44.5 Å². The van der Waals surface area contributed by atoms with Gasteiger partial charge in [0.05, 0.1) is 29.7 Å². The molecule has 3 rings (SSSR count). The number of ether oxygens (including phenoxy) is 2. The molecule has 1 aliphatic heterocycles. The number of fused-ring (bicyclic) bond motifs is 1. The average molecular weight is 320 g/mol. The van der Waals surface area contributed by atoms with E-state index in [4.69, 9.17) is 39.0 Å². The molecule has 0 bridgehead atoms. The second-order valence-corrected chi connectivity index (χ2v) is 5.68. The van der Waals surface area contributed by atoms with Crippen molar-refractivity contribution in [2.24, 2.45) is 5.73 Å². The van der Waals surface area contributed by atoms with E-state index in [9.17, 15) is 0 Å². The summed E-state index contributed by atoms with van der Waals surface area (Å²) in [6.07, 6.45) is 0. The minimum Gasteiger partial charge on any atom is -0.493 e. The van der Waals surface area contributed by atoms with Crippen LogP contribution in [0.4, 0.5) is 0 Å². The van der Waals surface area contributed by atoms with Gasteiger partial charge in [-0.25, -0.2) is 0 Å². The minimum absolute atomic E-state index is 0.194. The van der Waals surface area contributed by atoms with Gasteiger partial charge in [0.25, 0.3) is 0 Å². The zero-order valence-corrected chi connectivity index (χ0v) is 12.8. The Balaban J connectivity index is 1.78. The van der Waals surface area contributed by atoms with E-state index >= 15 is 0 Å². The number of halogens is 1. The fourth-order valence-electron chi connectivity index (χ4n) is 2.42. The summed E-state index contributed by atoms with van der Waals surface area (Å²) in [7, 11) is 0. The highest BCUT2D eigenvalue weighted by Gasteiger charge is 2.24. The fraction of sp³-hybridized carbons (Fsp3) is 0.188. The van der Waals surface area contributed by atoms with Gasteiger partial charge in [0.2, 0.25) is 0 Å². The van der Waals surface area contributed by atoms with E-state index in [1.165, 1.54) is 0 Å². The van der Waals surface area contributed by atoms with Gasteiger partial charge in [0.15, 0.2) is 0 Å². The highest BCUT2D eigenvalue weighted by atomic mass is 35.5. The Morgan fingerprint density at radius 3 is 2.90 bits per heavy atom. The molecule has 2 N–H and O–H groups in total. The number of thiocarbonyl (C=S) groups is 1. The lowest BCUT2D eigenvalue weighted by Gasteiger charge is -2.14. The summed E-state index contributed by atoms with van der Waals surface area (Å²) >= 11 is 11.2. The minimum atomic E-state index is 0.194. The van der Waals surface area contributed by atoms with Crippen LogP contribution in [0.3, 0.4) is 0 Å². The van der Waals surface area contributed by atoms with E-state index in [0.717, 1.165) is 11.3 Å². The van der Waals surface area contributed by atoms with E-state index in [1.54, 1.807) is 6.07 Å². The summed E-state index contributed by atoms with van der Waals surface area (Å²) in [5.41, 5.74) is 7.47. The summed E-state index contributed by atoms with van der Waals surface area (Å²) in [6.45, 7) is 1.11. The fourth-order valence-corrected chi connectivity index (χ4v) is 2.96. The van der Waals surface area contributed by atoms with Crippen molar-refractivity contribution in [3.63, 3.8) is 0 Å². The van der Waals surface area contributed by atoms with Crippen LogP contribution in [-0.4, -0.2) is 18.2 Å². The highest BCUT2D eigenvalue weighted by Crippen LogP contribution is 2.34. The third-order valence-corrected chi connectivity index (χ3v) is 3.98. The van der Waals surface area contributed by atoms with Crippen molar-refractivity contribution in [3.05, 3.63) is 58.6 Å². The molecular formula is C16H14ClNO2S. The molecule has 3 nitrogen and oxygen atoms in total. The molecule has 108 valence electrons. The van der Waals surface area contributed by atoms with Gasteiger partial charge < -0.3 is 15.2 Å². The SMILES string of the molecule is NC(=S)c1c(Cl)cccc1OCC1COc2ccccc21. The summed E-state index contributed by atoms with van der Waals surface area (Å²) in [4.78, 5) is 0.235. The van der Waals surface area contributed by atoms with Gasteiger partial charge in [-0.3, -0.25) is 0 Å². The van der Waals surface area contributed by atoms with Crippen LogP contribution in [0.15, 0.2) is 42.5 Å². The van der Waals surface area contributed by atoms with Crippen LogP contribution >= 0.6 is 23.8 Å². The van der Waals surface area contributed by atoms with Crippen LogP contribution in [0.5, 0.6) is 11.5 Å². The molecule has 0 aliphatic carbocycles. The molecule has 0 spiro atoms. The van der Waals surface area contributed by atoms with Gasteiger partial charge in [0.1, 0.15) is 16.5 Å². The predicted molar refractivity (Wildman–Crippen MR) is 87.5 cm³/mol. The molecule has 2 aromatic carbocycles. The monoisotopic (exact) mass is 319 g/mol. The van der Waals surface area contributed by atoms with Crippen molar-refractivity contribution < 1.29 is 9.47 Å². The van der Waals surface area contributed by atoms with Crippen molar-refractivity contribution >= 4 is 28.8 Å². The van der Waals surface area contributed by atoms with Crippen molar-refractivity contribution in [2.45, 2.75) is 5.92 Å². The van der Waals surface area contributed by atoms with E-state index in [-0.39, 0.29) is 10.9 Å². The number of nitrogens with two attached hydrogens (primary N) is 1. The van der Waals surface area contributed by atoms with Gasteiger partial charge in [-0.2, -0.15) is 0 Å². The molecule has 1 unspecified atom stereocenters. The van der Waals surface area contributed by atoms with Gasteiger partial charge in [-0.15, -0.1) is 0 Å². The lowest BCUT2D eigenvalue weighted by molar-refractivity contribution is 0.248. The predicted octanol–water partition coefficient (Wildman–Crippen LogP) is 3.53. The number of rotatable bonds is 4. The van der Waals surface area contributed by atoms with Crippen LogP contribution < -0.4 is 15.2 Å². The molecule has 0 amide bonds. The summed E-state index contributed by atoms with van der Waals surface area (Å²) < 4.78 is 11.5. The molecular weight excluding hydrogens is 306 g/mol. The van der Waals surface area contributed by atoms with Crippen molar-refractivity contribution in [1.82, 2.24) is 0 Å². The number of hydrogen-bond donors (Lipinski definition) is 1. The first-order valence-corrected chi connectivity index (χ1v) is 7.38. The van der Waals surface area contributed by atoms with Crippen molar-refractivity contribution in [3.8, 4) is 11.5 Å². The maximum Gasteiger partial charge on any atom is 0.131 e. The first-order valence-electron chi connectivity index (χ1n) is 6.59. The van der Waals surface area contributed by atoms with Gasteiger partial charge >= 0.3 is 0 Å². The summed E-state index contributed by atoms with van der Waals surface area (Å²) in [5.74, 6) is 1.73. The molecule has 2 aromatic rings. The third kappa shape index (κ3) is 2.82. The number of para-hydroxylation sites is 1. The molecule has 1 heterocycles. The van der Waals surface area contributed by atoms with Gasteiger partial charge in [0, 0.05) is 5.56 Å². The van der Waals surface area contributed by atoms with E-state index in [1.807, 2.05) is 30.3 Å². The lowest BCUT2D eigenvalue weighted by atomic mass is 10.0. The normalized spacial score (nSPS) is 16.1.